The maximum Gasteiger partial charge on any atom is 0.438 e. The molecular weight excluding hydrogens is 603 g/mol. The van der Waals surface area contributed by atoms with Gasteiger partial charge < -0.3 is 10.2 Å². The molecule has 38 heavy (non-hydrogen) atoms. The van der Waals surface area contributed by atoms with Gasteiger partial charge in [-0.15, -0.1) is 0 Å². The molecule has 0 aliphatic heterocycles. The fraction of sp³-hybridized carbons (Fsp3) is 0.933. The number of hydrogen-bond donors (Lipinski definition) is 2. The van der Waals surface area contributed by atoms with Crippen molar-refractivity contribution in [3.8, 4) is 0 Å². The molecule has 1 atom stereocenters. The van der Waals surface area contributed by atoms with Crippen molar-refractivity contribution in [3.63, 3.8) is 0 Å². The molecule has 0 aliphatic rings. The average molecular weight is 615 g/mol. The summed E-state index contributed by atoms with van der Waals surface area (Å²) in [7, 11) is 0.656. The van der Waals surface area contributed by atoms with Crippen LogP contribution in [0.4, 0.5) is 83.4 Å². The molecule has 0 saturated heterocycles. The van der Waals surface area contributed by atoms with E-state index in [0.29, 0.717) is 11.9 Å². The lowest BCUT2D eigenvalue weighted by atomic mass is 9.83. The molecule has 0 aliphatic carbocycles. The van der Waals surface area contributed by atoms with E-state index in [1.165, 1.54) is 0 Å². The van der Waals surface area contributed by atoms with Gasteiger partial charge in [0.25, 0.3) is 0 Å². The van der Waals surface area contributed by atoms with Gasteiger partial charge in [-0.2, -0.15) is 79.0 Å². The lowest BCUT2D eigenvalue weighted by Gasteiger charge is -2.45. The molecule has 0 heterocycles. The zero-order valence-corrected chi connectivity index (χ0v) is 17.6. The van der Waals surface area contributed by atoms with Crippen LogP contribution in [0, 0.1) is 0 Å². The molecule has 0 aromatic heterocycles. The van der Waals surface area contributed by atoms with Crippen LogP contribution in [-0.4, -0.2) is 101 Å². The summed E-state index contributed by atoms with van der Waals surface area (Å²) in [5.41, 5.74) is -8.81. The molecule has 0 fully saturated rings. The molecule has 0 saturated carbocycles. The van der Waals surface area contributed by atoms with Crippen LogP contribution in [0.5, 0.6) is 0 Å². The number of carbonyl (C=O) groups is 1. The van der Waals surface area contributed by atoms with E-state index in [2.05, 4.69) is 0 Å². The molecule has 228 valence electrons. The van der Waals surface area contributed by atoms with E-state index in [0.717, 1.165) is 0 Å². The molecule has 0 spiro atoms. The zero-order valence-electron chi connectivity index (χ0n) is 17.6. The second-order valence-electron chi connectivity index (χ2n) is 7.68. The number of alkyl halides is 19. The smallest absolute Gasteiger partial charge is 0.438 e. The van der Waals surface area contributed by atoms with Crippen molar-refractivity contribution in [1.29, 1.82) is 0 Å². The minimum atomic E-state index is -9.11. The minimum Gasteiger partial charge on any atom is -0.480 e. The fourth-order valence-electron chi connectivity index (χ4n) is 2.70. The number of aliphatic hydroxyl groups excluding tert-OH is 1. The topological polar surface area (TPSA) is 60.8 Å². The van der Waals surface area contributed by atoms with Crippen LogP contribution in [0.3, 0.4) is 0 Å². The molecule has 0 aromatic rings. The number of aliphatic carboxylic acids is 1. The Kier molecular flexibility index (Phi) is 9.41. The van der Waals surface area contributed by atoms with E-state index < -0.39 is 85.1 Å². The number of carboxylic acids is 1. The van der Waals surface area contributed by atoms with Gasteiger partial charge in [0.05, 0.1) is 12.6 Å². The summed E-state index contributed by atoms with van der Waals surface area (Å²) < 4.78 is 252. The van der Waals surface area contributed by atoms with E-state index in [1.54, 1.807) is 0 Å². The highest BCUT2D eigenvalue weighted by Gasteiger charge is 2.98. The predicted octanol–water partition coefficient (Wildman–Crippen LogP) is 5.40. The third kappa shape index (κ3) is 5.40. The Bertz CT molecular complexity index is 835. The fourth-order valence-corrected chi connectivity index (χ4v) is 2.70. The Balaban J connectivity index is 6.71. The van der Waals surface area contributed by atoms with Gasteiger partial charge in [-0.25, -0.2) is 4.39 Å². The van der Waals surface area contributed by atoms with Crippen molar-refractivity contribution in [2.24, 2.45) is 0 Å². The number of halogens is 19. The summed E-state index contributed by atoms with van der Waals surface area (Å²) in [6.45, 7) is -2.63. The maximum absolute atomic E-state index is 13.8. The van der Waals surface area contributed by atoms with E-state index in [-0.39, 0.29) is 0 Å². The first-order valence-electron chi connectivity index (χ1n) is 8.88. The molecule has 0 unspecified atom stereocenters. The summed E-state index contributed by atoms with van der Waals surface area (Å²) in [6, 6.07) is 0. The normalized spacial score (nSPS) is 16.7. The van der Waals surface area contributed by atoms with Gasteiger partial charge >= 0.3 is 59.5 Å². The first-order valence-corrected chi connectivity index (χ1v) is 8.88. The van der Waals surface area contributed by atoms with Crippen LogP contribution in [0.2, 0.25) is 0 Å². The second kappa shape index (κ2) is 9.91. The average Bonchev–Trinajstić information content (AvgIpc) is 2.62. The van der Waals surface area contributed by atoms with Gasteiger partial charge in [0.1, 0.15) is 0 Å². The molecular formula is C15H12F19NO3. The van der Waals surface area contributed by atoms with Gasteiger partial charge in [-0.3, -0.25) is 9.69 Å². The summed E-state index contributed by atoms with van der Waals surface area (Å²) in [5.74, 6) is -52.6. The van der Waals surface area contributed by atoms with E-state index >= 15 is 0 Å². The Labute approximate surface area is 197 Å². The first kappa shape index (κ1) is 36.1. The van der Waals surface area contributed by atoms with Crippen LogP contribution in [0.1, 0.15) is 6.42 Å². The molecule has 0 aromatic carbocycles. The lowest BCUT2D eigenvalue weighted by Crippen LogP contribution is -2.77. The molecule has 0 amide bonds. The van der Waals surface area contributed by atoms with Crippen LogP contribution >= 0.6 is 0 Å². The van der Waals surface area contributed by atoms with Crippen molar-refractivity contribution in [2.75, 3.05) is 20.1 Å². The standard InChI is InChI=1S/C15H12F19NO3/c1-35(4-6(37)38)3-5(36)2-7(16,17)9(19,20)11(23,24)13(27,28)12(25,26)10(21,22)8(18,14(29,30)31)15(32,33)34/h5,36H,2-4H2,1H3,(H,37,38)/t5-/m1/s1. The SMILES string of the molecule is CN(CC(=O)O)C[C@H](O)CC(F)(F)C(F)(F)C(F)(F)C(F)(F)C(F)(F)C(F)(F)C(F)(C(F)(F)F)C(F)(F)F. The Morgan fingerprint density at radius 2 is 0.947 bits per heavy atom. The number of rotatable bonds is 12. The number of nitrogens with zero attached hydrogens (tertiary/aromatic N) is 1. The largest absolute Gasteiger partial charge is 0.480 e. The minimum absolute atomic E-state index is 0.303. The van der Waals surface area contributed by atoms with Gasteiger partial charge in [-0.1, -0.05) is 0 Å². The van der Waals surface area contributed by atoms with Gasteiger partial charge in [0.15, 0.2) is 0 Å². The number of likely N-dealkylation sites (N-methyl/N-ethyl adjacent to an activating group) is 1. The van der Waals surface area contributed by atoms with Crippen molar-refractivity contribution in [3.05, 3.63) is 0 Å². The van der Waals surface area contributed by atoms with Crippen LogP contribution in [-0.2, 0) is 4.79 Å². The molecule has 0 bridgehead atoms. The number of carboxylic acid groups (broad SMARTS) is 1. The van der Waals surface area contributed by atoms with E-state index in [4.69, 9.17) is 5.11 Å². The summed E-state index contributed by atoms with van der Waals surface area (Å²) in [6.07, 6.45) is -22.9. The number of hydrogen-bond acceptors (Lipinski definition) is 3. The van der Waals surface area contributed by atoms with E-state index in [9.17, 15) is 93.3 Å². The van der Waals surface area contributed by atoms with Crippen LogP contribution in [0.25, 0.3) is 0 Å². The Morgan fingerprint density at radius 1 is 0.632 bits per heavy atom. The molecule has 23 heteroatoms. The van der Waals surface area contributed by atoms with Crippen molar-refractivity contribution >= 4 is 5.97 Å². The maximum atomic E-state index is 13.8. The molecule has 2 N–H and O–H groups in total. The zero-order chi connectivity index (χ0) is 31.4. The van der Waals surface area contributed by atoms with Crippen molar-refractivity contribution < 1.29 is 98.4 Å². The quantitative estimate of drug-likeness (QED) is 0.289. The summed E-state index contributed by atoms with van der Waals surface area (Å²) in [4.78, 5) is 10.7. The van der Waals surface area contributed by atoms with Crippen molar-refractivity contribution in [1.82, 2.24) is 4.90 Å². The third-order valence-corrected chi connectivity index (χ3v) is 4.67. The van der Waals surface area contributed by atoms with Gasteiger partial charge in [0.2, 0.25) is 0 Å². The van der Waals surface area contributed by atoms with Gasteiger partial charge in [-0.05, 0) is 7.05 Å². The first-order chi connectivity index (χ1) is 16.2. The third-order valence-electron chi connectivity index (χ3n) is 4.67. The molecule has 0 radical (unpaired) electrons. The van der Waals surface area contributed by atoms with Crippen molar-refractivity contribution in [2.45, 2.75) is 66.1 Å². The summed E-state index contributed by atoms with van der Waals surface area (Å²) in [5, 5.41) is 17.6. The Morgan fingerprint density at radius 3 is 1.26 bits per heavy atom. The highest BCUT2D eigenvalue weighted by molar-refractivity contribution is 5.69. The molecule has 4 nitrogen and oxygen atoms in total. The lowest BCUT2D eigenvalue weighted by molar-refractivity contribution is -0.472. The van der Waals surface area contributed by atoms with E-state index in [1.807, 2.05) is 0 Å². The predicted molar refractivity (Wildman–Crippen MR) is 81.4 cm³/mol. The Hall–Kier alpha value is -1.94. The van der Waals surface area contributed by atoms with Crippen LogP contribution < -0.4 is 0 Å². The van der Waals surface area contributed by atoms with Gasteiger partial charge in [0, 0.05) is 13.0 Å². The highest BCUT2D eigenvalue weighted by atomic mass is 19.4. The number of aliphatic hydroxyl groups is 1. The van der Waals surface area contributed by atoms with Crippen LogP contribution in [0.15, 0.2) is 0 Å². The second-order valence-corrected chi connectivity index (χ2v) is 7.68. The monoisotopic (exact) mass is 615 g/mol. The summed E-state index contributed by atoms with van der Waals surface area (Å²) >= 11 is 0. The highest BCUT2D eigenvalue weighted by Crippen LogP contribution is 2.66. The molecule has 0 rings (SSSR count).